The first-order valence-corrected chi connectivity index (χ1v) is 6.20. The number of aryl methyl sites for hydroxylation is 1. The van der Waals surface area contributed by atoms with E-state index in [4.69, 9.17) is 0 Å². The molecule has 2 rings (SSSR count). The van der Waals surface area contributed by atoms with Gasteiger partial charge in [0.25, 0.3) is 0 Å². The molecular weight excluding hydrogens is 228 g/mol. The second kappa shape index (κ2) is 5.21. The minimum Gasteiger partial charge on any atom is -0.331 e. The third kappa shape index (κ3) is 3.32. The van der Waals surface area contributed by atoms with E-state index in [0.29, 0.717) is 0 Å². The Morgan fingerprint density at radius 2 is 1.89 bits per heavy atom. The summed E-state index contributed by atoms with van der Waals surface area (Å²) in [4.78, 5) is 24.9. The van der Waals surface area contributed by atoms with Gasteiger partial charge in [0.2, 0.25) is 11.8 Å². The highest BCUT2D eigenvalue weighted by Crippen LogP contribution is 2.26. The number of nitrogens with one attached hydrogen (secondary N) is 1. The smallest absolute Gasteiger partial charge is 0.244 e. The second-order valence-corrected chi connectivity index (χ2v) is 4.79. The number of nitrogens with zero attached hydrogens (tertiary/aromatic N) is 1. The van der Waals surface area contributed by atoms with Crippen molar-refractivity contribution in [2.75, 3.05) is 11.9 Å². The van der Waals surface area contributed by atoms with Gasteiger partial charge in [-0.1, -0.05) is 17.7 Å². The van der Waals surface area contributed by atoms with Crippen molar-refractivity contribution < 1.29 is 9.59 Å². The lowest BCUT2D eigenvalue weighted by atomic mass is 10.2. The molecule has 1 aromatic carbocycles. The van der Waals surface area contributed by atoms with Gasteiger partial charge in [0.1, 0.15) is 6.54 Å². The van der Waals surface area contributed by atoms with Crippen LogP contribution in [0.25, 0.3) is 0 Å². The maximum Gasteiger partial charge on any atom is 0.244 e. The number of hydrogen-bond acceptors (Lipinski definition) is 2. The molecule has 0 aromatic heterocycles. The molecule has 0 atom stereocenters. The molecule has 1 aliphatic carbocycles. The van der Waals surface area contributed by atoms with Crippen molar-refractivity contribution in [3.05, 3.63) is 29.8 Å². The predicted molar refractivity (Wildman–Crippen MR) is 70.2 cm³/mol. The average molecular weight is 246 g/mol. The standard InChI is InChI=1S/C14H18N2O2/c1-10-3-5-12(6-4-10)15-14(18)9-16(11(2)17)13-7-8-13/h3-6,13H,7-9H2,1-2H3,(H,15,18). The Morgan fingerprint density at radius 1 is 1.28 bits per heavy atom. The van der Waals surface area contributed by atoms with Crippen LogP contribution in [-0.2, 0) is 9.59 Å². The Morgan fingerprint density at radius 3 is 2.39 bits per heavy atom. The summed E-state index contributed by atoms with van der Waals surface area (Å²) in [6, 6.07) is 7.88. The lowest BCUT2D eigenvalue weighted by Gasteiger charge is -2.19. The van der Waals surface area contributed by atoms with E-state index in [1.165, 1.54) is 6.92 Å². The van der Waals surface area contributed by atoms with Crippen molar-refractivity contribution in [1.82, 2.24) is 4.90 Å². The van der Waals surface area contributed by atoms with Crippen LogP contribution in [0.1, 0.15) is 25.3 Å². The molecule has 4 heteroatoms. The molecule has 0 saturated heterocycles. The SMILES string of the molecule is CC(=O)N(CC(=O)Nc1ccc(C)cc1)C1CC1. The number of benzene rings is 1. The molecule has 0 unspecified atom stereocenters. The first kappa shape index (κ1) is 12.6. The Kier molecular flexibility index (Phi) is 3.65. The van der Waals surface area contributed by atoms with Crippen LogP contribution in [0.4, 0.5) is 5.69 Å². The summed E-state index contributed by atoms with van der Waals surface area (Å²) in [6.07, 6.45) is 2.02. The summed E-state index contributed by atoms with van der Waals surface area (Å²) >= 11 is 0. The molecule has 0 aliphatic heterocycles. The molecule has 1 aliphatic rings. The van der Waals surface area contributed by atoms with Crippen molar-refractivity contribution in [3.8, 4) is 0 Å². The van der Waals surface area contributed by atoms with E-state index in [1.807, 2.05) is 31.2 Å². The molecule has 96 valence electrons. The van der Waals surface area contributed by atoms with Gasteiger partial charge in [-0.25, -0.2) is 0 Å². The Balaban J connectivity index is 1.91. The fraction of sp³-hybridized carbons (Fsp3) is 0.429. The lowest BCUT2D eigenvalue weighted by Crippen LogP contribution is -2.38. The average Bonchev–Trinajstić information content (AvgIpc) is 3.13. The van der Waals surface area contributed by atoms with E-state index in [9.17, 15) is 9.59 Å². The van der Waals surface area contributed by atoms with Crippen LogP contribution in [0.2, 0.25) is 0 Å². The van der Waals surface area contributed by atoms with Crippen LogP contribution in [0.15, 0.2) is 24.3 Å². The van der Waals surface area contributed by atoms with Gasteiger partial charge < -0.3 is 10.2 Å². The van der Waals surface area contributed by atoms with Crippen molar-refractivity contribution in [1.29, 1.82) is 0 Å². The summed E-state index contributed by atoms with van der Waals surface area (Å²) in [5.74, 6) is -0.169. The van der Waals surface area contributed by atoms with Crippen molar-refractivity contribution in [3.63, 3.8) is 0 Å². The molecule has 1 N–H and O–H groups in total. The summed E-state index contributed by atoms with van der Waals surface area (Å²) in [5, 5.41) is 2.80. The molecule has 0 spiro atoms. The number of carbonyl (C=O) groups is 2. The predicted octanol–water partition coefficient (Wildman–Crippen LogP) is 1.94. The lowest BCUT2D eigenvalue weighted by molar-refractivity contribution is -0.133. The number of amides is 2. The maximum absolute atomic E-state index is 11.8. The van der Waals surface area contributed by atoms with Crippen LogP contribution in [-0.4, -0.2) is 29.3 Å². The summed E-state index contributed by atoms with van der Waals surface area (Å²) in [7, 11) is 0. The summed E-state index contributed by atoms with van der Waals surface area (Å²) in [6.45, 7) is 3.65. The number of anilines is 1. The van der Waals surface area contributed by atoms with E-state index < -0.39 is 0 Å². The first-order valence-electron chi connectivity index (χ1n) is 6.20. The van der Waals surface area contributed by atoms with Gasteiger partial charge in [0, 0.05) is 18.7 Å². The Bertz CT molecular complexity index is 449. The molecule has 0 radical (unpaired) electrons. The largest absolute Gasteiger partial charge is 0.331 e. The third-order valence-corrected chi connectivity index (χ3v) is 3.04. The highest BCUT2D eigenvalue weighted by atomic mass is 16.2. The van der Waals surface area contributed by atoms with Gasteiger partial charge in [0.05, 0.1) is 0 Å². The maximum atomic E-state index is 11.8. The van der Waals surface area contributed by atoms with Crippen LogP contribution >= 0.6 is 0 Å². The third-order valence-electron chi connectivity index (χ3n) is 3.04. The zero-order chi connectivity index (χ0) is 13.1. The van der Waals surface area contributed by atoms with E-state index >= 15 is 0 Å². The van der Waals surface area contributed by atoms with E-state index in [-0.39, 0.29) is 24.4 Å². The minimum absolute atomic E-state index is 0.0310. The van der Waals surface area contributed by atoms with E-state index in [0.717, 1.165) is 24.1 Å². The van der Waals surface area contributed by atoms with Crippen LogP contribution in [0.5, 0.6) is 0 Å². The number of hydrogen-bond donors (Lipinski definition) is 1. The van der Waals surface area contributed by atoms with Gasteiger partial charge in [-0.3, -0.25) is 9.59 Å². The monoisotopic (exact) mass is 246 g/mol. The highest BCUT2D eigenvalue weighted by Gasteiger charge is 2.31. The Hall–Kier alpha value is -1.84. The molecule has 1 fully saturated rings. The quantitative estimate of drug-likeness (QED) is 0.882. The van der Waals surface area contributed by atoms with Crippen LogP contribution < -0.4 is 5.32 Å². The zero-order valence-corrected chi connectivity index (χ0v) is 10.8. The van der Waals surface area contributed by atoms with Gasteiger partial charge >= 0.3 is 0 Å². The normalized spacial score (nSPS) is 14.1. The first-order chi connectivity index (χ1) is 8.56. The van der Waals surface area contributed by atoms with Crippen molar-refractivity contribution in [2.45, 2.75) is 32.7 Å². The molecule has 0 heterocycles. The van der Waals surface area contributed by atoms with Gasteiger partial charge in [-0.2, -0.15) is 0 Å². The zero-order valence-electron chi connectivity index (χ0n) is 10.8. The Labute approximate surface area is 107 Å². The van der Waals surface area contributed by atoms with Crippen molar-refractivity contribution >= 4 is 17.5 Å². The van der Waals surface area contributed by atoms with E-state index in [2.05, 4.69) is 5.32 Å². The molecule has 0 bridgehead atoms. The summed E-state index contributed by atoms with van der Waals surface area (Å²) in [5.41, 5.74) is 1.92. The molecule has 18 heavy (non-hydrogen) atoms. The van der Waals surface area contributed by atoms with Gasteiger partial charge in [-0.05, 0) is 31.9 Å². The van der Waals surface area contributed by atoms with E-state index in [1.54, 1.807) is 4.90 Å². The molecule has 4 nitrogen and oxygen atoms in total. The second-order valence-electron chi connectivity index (χ2n) is 4.79. The van der Waals surface area contributed by atoms with Gasteiger partial charge in [-0.15, -0.1) is 0 Å². The number of carbonyl (C=O) groups excluding carboxylic acids is 2. The highest BCUT2D eigenvalue weighted by molar-refractivity contribution is 5.94. The molecule has 1 saturated carbocycles. The fourth-order valence-electron chi connectivity index (χ4n) is 1.88. The fourth-order valence-corrected chi connectivity index (χ4v) is 1.88. The molecular formula is C14H18N2O2. The number of rotatable bonds is 4. The van der Waals surface area contributed by atoms with Crippen LogP contribution in [0, 0.1) is 6.92 Å². The molecule has 1 aromatic rings. The van der Waals surface area contributed by atoms with Crippen LogP contribution in [0.3, 0.4) is 0 Å². The van der Waals surface area contributed by atoms with Crippen molar-refractivity contribution in [2.24, 2.45) is 0 Å². The summed E-state index contributed by atoms with van der Waals surface area (Å²) < 4.78 is 0. The topological polar surface area (TPSA) is 49.4 Å². The van der Waals surface area contributed by atoms with Gasteiger partial charge in [0.15, 0.2) is 0 Å². The molecule has 2 amide bonds. The minimum atomic E-state index is -0.138.